The molecule has 0 spiro atoms. The van der Waals surface area contributed by atoms with Crippen LogP contribution in [-0.4, -0.2) is 68.7 Å². The molecule has 1 fully saturated rings. The Morgan fingerprint density at radius 3 is 2.78 bits per heavy atom. The van der Waals surface area contributed by atoms with Gasteiger partial charge in [-0.3, -0.25) is 9.79 Å². The third-order valence-corrected chi connectivity index (χ3v) is 6.60. The van der Waals surface area contributed by atoms with Gasteiger partial charge >= 0.3 is 0 Å². The molecule has 0 saturated carbocycles. The molecule has 1 aromatic heterocycles. The highest BCUT2D eigenvalue weighted by atomic mass is 32.1. The van der Waals surface area contributed by atoms with E-state index in [4.69, 9.17) is 9.47 Å². The maximum absolute atomic E-state index is 13.5. The Hall–Kier alpha value is -2.35. The van der Waals surface area contributed by atoms with Crippen molar-refractivity contribution in [3.8, 4) is 5.75 Å². The van der Waals surface area contributed by atoms with E-state index in [9.17, 15) is 9.90 Å². The number of hydrogen-bond donors (Lipinski definition) is 1. The summed E-state index contributed by atoms with van der Waals surface area (Å²) >= 11 is 1.60. The third-order valence-electron chi connectivity index (χ3n) is 5.90. The van der Waals surface area contributed by atoms with E-state index in [1.807, 2.05) is 47.7 Å². The number of morpholine rings is 1. The normalized spacial score (nSPS) is 16.6. The molecule has 9 heteroatoms. The molecule has 1 amide bonds. The quantitative estimate of drug-likeness (QED) is 0.232. The lowest BCUT2D eigenvalue weighted by Crippen LogP contribution is -2.55. The smallest absolute Gasteiger partial charge is 0.272 e. The van der Waals surface area contributed by atoms with Gasteiger partial charge in [0.05, 0.1) is 18.8 Å². The standard InChI is InChI=1S/C27H38B2N2O4S/c1-19(2)14-22-9-8-20(15-24(22)35-27(28,29)33)6-5-7-23(30-16-21-10-13-36-17-21)25(32)31-11-12-34-18-26(31,3)4/h7-10,13,15-17,19,33H,5-6,11-12,14,18,28-29H2,1-4H3/b23-7+,30-16+. The molecule has 36 heavy (non-hydrogen) atoms. The molecule has 0 bridgehead atoms. The topological polar surface area (TPSA) is 71.4 Å². The fourth-order valence-corrected chi connectivity index (χ4v) is 4.77. The summed E-state index contributed by atoms with van der Waals surface area (Å²) < 4.78 is 11.5. The van der Waals surface area contributed by atoms with Crippen molar-refractivity contribution in [3.05, 3.63) is 63.5 Å². The van der Waals surface area contributed by atoms with Crippen LogP contribution in [0.4, 0.5) is 0 Å². The molecule has 0 unspecified atom stereocenters. The van der Waals surface area contributed by atoms with Crippen molar-refractivity contribution in [2.75, 3.05) is 19.8 Å². The van der Waals surface area contributed by atoms with Crippen LogP contribution in [0, 0.1) is 5.92 Å². The molecule has 0 atom stereocenters. The first kappa shape index (κ1) is 28.2. The minimum Gasteiger partial charge on any atom is -0.480 e. The summed E-state index contributed by atoms with van der Waals surface area (Å²) in [5.41, 5.74) is 1.94. The second kappa shape index (κ2) is 12.3. The van der Waals surface area contributed by atoms with E-state index in [-0.39, 0.29) is 11.4 Å². The van der Waals surface area contributed by atoms with Crippen LogP contribution in [0.25, 0.3) is 0 Å². The first-order valence-electron chi connectivity index (χ1n) is 12.6. The number of aryl methyl sites for hydroxylation is 1. The number of aliphatic hydroxyl groups is 1. The Morgan fingerprint density at radius 1 is 1.36 bits per heavy atom. The van der Waals surface area contributed by atoms with Gasteiger partial charge in [-0.2, -0.15) is 11.3 Å². The van der Waals surface area contributed by atoms with Gasteiger partial charge in [-0.1, -0.05) is 32.1 Å². The molecular weight excluding hydrogens is 470 g/mol. The summed E-state index contributed by atoms with van der Waals surface area (Å²) in [7, 11) is 3.27. The number of rotatable bonds is 10. The molecule has 1 aliphatic rings. The van der Waals surface area contributed by atoms with Crippen molar-refractivity contribution in [1.29, 1.82) is 0 Å². The number of amides is 1. The van der Waals surface area contributed by atoms with Crippen molar-refractivity contribution >= 4 is 39.2 Å². The molecule has 2 aromatic rings. The first-order valence-corrected chi connectivity index (χ1v) is 13.6. The SMILES string of the molecule is BC(B)(O)Oc1cc(CC/C=C(/N=C/c2ccsc2)C(=O)N2CCOCC2(C)C)ccc1CC(C)C. The molecule has 192 valence electrons. The Labute approximate surface area is 221 Å². The lowest BCUT2D eigenvalue weighted by atomic mass is 9.76. The second-order valence-corrected chi connectivity index (χ2v) is 11.6. The van der Waals surface area contributed by atoms with E-state index >= 15 is 0 Å². The summed E-state index contributed by atoms with van der Waals surface area (Å²) in [5.74, 6) is 1.11. The fourth-order valence-electron chi connectivity index (χ4n) is 4.16. The van der Waals surface area contributed by atoms with E-state index in [2.05, 4.69) is 31.0 Å². The average molecular weight is 508 g/mol. The molecular formula is C27H38B2N2O4S. The predicted octanol–water partition coefficient (Wildman–Crippen LogP) is 2.77. The summed E-state index contributed by atoms with van der Waals surface area (Å²) in [6, 6.07) is 8.17. The van der Waals surface area contributed by atoms with Crippen molar-refractivity contribution in [1.82, 2.24) is 4.90 Å². The van der Waals surface area contributed by atoms with Crippen LogP contribution < -0.4 is 4.74 Å². The Balaban J connectivity index is 1.81. The van der Waals surface area contributed by atoms with E-state index < -0.39 is 5.59 Å². The lowest BCUT2D eigenvalue weighted by Gasteiger charge is -2.42. The zero-order valence-corrected chi connectivity index (χ0v) is 23.2. The largest absolute Gasteiger partial charge is 0.480 e. The van der Waals surface area contributed by atoms with Crippen LogP contribution in [0.3, 0.4) is 0 Å². The highest BCUT2D eigenvalue weighted by Crippen LogP contribution is 2.27. The van der Waals surface area contributed by atoms with Gasteiger partial charge in [-0.15, -0.1) is 0 Å². The number of hydrogen-bond acceptors (Lipinski definition) is 6. The lowest BCUT2D eigenvalue weighted by molar-refractivity contribution is -0.142. The number of aliphatic imine (C=N–C) groups is 1. The van der Waals surface area contributed by atoms with Crippen molar-refractivity contribution < 1.29 is 19.4 Å². The first-order chi connectivity index (χ1) is 16.9. The number of benzene rings is 1. The Morgan fingerprint density at radius 2 is 2.14 bits per heavy atom. The van der Waals surface area contributed by atoms with Gasteiger partial charge in [0, 0.05) is 18.3 Å². The van der Waals surface area contributed by atoms with Crippen LogP contribution in [0.2, 0.25) is 0 Å². The molecule has 0 radical (unpaired) electrons. The van der Waals surface area contributed by atoms with Gasteiger partial charge in [0.25, 0.3) is 5.91 Å². The van der Waals surface area contributed by atoms with Gasteiger partial charge in [-0.05, 0) is 73.0 Å². The number of carbonyl (C=O) groups excluding carboxylic acids is 1. The highest BCUT2D eigenvalue weighted by Gasteiger charge is 2.35. The minimum atomic E-state index is -1.26. The summed E-state index contributed by atoms with van der Waals surface area (Å²) in [6.45, 7) is 9.96. The van der Waals surface area contributed by atoms with Crippen LogP contribution in [0.15, 0.2) is 51.8 Å². The Bertz CT molecular complexity index is 1080. The number of nitrogens with zero attached hydrogens (tertiary/aromatic N) is 2. The minimum absolute atomic E-state index is 0.0758. The Kier molecular flexibility index (Phi) is 9.61. The van der Waals surface area contributed by atoms with Crippen LogP contribution in [-0.2, 0) is 22.4 Å². The summed E-state index contributed by atoms with van der Waals surface area (Å²) in [5, 5.41) is 14.2. The van der Waals surface area contributed by atoms with Crippen molar-refractivity contribution in [3.63, 3.8) is 0 Å². The molecule has 1 saturated heterocycles. The maximum atomic E-state index is 13.5. The van der Waals surface area contributed by atoms with Gasteiger partial charge in [-0.25, -0.2) is 0 Å². The third kappa shape index (κ3) is 8.36. The van der Waals surface area contributed by atoms with Crippen LogP contribution >= 0.6 is 11.3 Å². The van der Waals surface area contributed by atoms with E-state index in [0.717, 1.165) is 29.5 Å². The van der Waals surface area contributed by atoms with E-state index in [1.54, 1.807) is 33.2 Å². The molecule has 1 N–H and O–H groups in total. The summed E-state index contributed by atoms with van der Waals surface area (Å²) in [6.07, 6.45) is 5.93. The van der Waals surface area contributed by atoms with Crippen LogP contribution in [0.5, 0.6) is 5.75 Å². The molecule has 6 nitrogen and oxygen atoms in total. The number of carbonyl (C=O) groups is 1. The number of allylic oxidation sites excluding steroid dienone is 1. The molecule has 1 aliphatic heterocycles. The monoisotopic (exact) mass is 508 g/mol. The summed E-state index contributed by atoms with van der Waals surface area (Å²) in [4.78, 5) is 20.0. The van der Waals surface area contributed by atoms with Crippen molar-refractivity contribution in [2.24, 2.45) is 10.9 Å². The number of thiophene rings is 1. The van der Waals surface area contributed by atoms with Gasteiger partial charge in [0.1, 0.15) is 17.0 Å². The predicted molar refractivity (Wildman–Crippen MR) is 153 cm³/mol. The molecule has 1 aromatic carbocycles. The average Bonchev–Trinajstić information content (AvgIpc) is 3.29. The maximum Gasteiger partial charge on any atom is 0.272 e. The van der Waals surface area contributed by atoms with Gasteiger partial charge < -0.3 is 19.5 Å². The molecule has 2 heterocycles. The van der Waals surface area contributed by atoms with Gasteiger partial charge in [0.15, 0.2) is 15.7 Å². The number of ether oxygens (including phenoxy) is 2. The zero-order valence-electron chi connectivity index (χ0n) is 22.4. The molecule has 3 rings (SSSR count). The van der Waals surface area contributed by atoms with Gasteiger partial charge in [0.2, 0.25) is 0 Å². The fraction of sp³-hybridized carbons (Fsp3) is 0.481. The van der Waals surface area contributed by atoms with Crippen LogP contribution in [0.1, 0.15) is 50.8 Å². The second-order valence-electron chi connectivity index (χ2n) is 10.9. The highest BCUT2D eigenvalue weighted by molar-refractivity contribution is 7.08. The van der Waals surface area contributed by atoms with Crippen molar-refractivity contribution in [2.45, 2.75) is 58.1 Å². The molecule has 0 aliphatic carbocycles. The van der Waals surface area contributed by atoms with E-state index in [0.29, 0.717) is 43.5 Å². The van der Waals surface area contributed by atoms with E-state index in [1.165, 1.54) is 0 Å². The zero-order chi connectivity index (χ0) is 26.3.